The number of hydrogen-bond donors (Lipinski definition) is 3. The molecular formula is C15H19NO3. The summed E-state index contributed by atoms with van der Waals surface area (Å²) in [7, 11) is 0. The quantitative estimate of drug-likeness (QED) is 0.793. The third kappa shape index (κ3) is 2.24. The number of aromatic carboxylic acids is 1. The van der Waals surface area contributed by atoms with Gasteiger partial charge >= 0.3 is 5.97 Å². The van der Waals surface area contributed by atoms with Gasteiger partial charge in [0.2, 0.25) is 0 Å². The molecule has 2 rings (SSSR count). The van der Waals surface area contributed by atoms with Gasteiger partial charge in [-0.05, 0) is 37.5 Å². The first-order valence-corrected chi connectivity index (χ1v) is 6.40. The number of aromatic nitrogens is 1. The standard InChI is InChI=1S/C15H19NO3/c1-7(2)10-5-11-13(9(4)17)8(3)16-14(11)12(6-10)15(18)19/h5-7,9,16-17H,1-4H3,(H,18,19). The summed E-state index contributed by atoms with van der Waals surface area (Å²) in [6, 6.07) is 3.68. The number of carboxylic acid groups (broad SMARTS) is 1. The number of aliphatic hydroxyl groups is 1. The highest BCUT2D eigenvalue weighted by molar-refractivity contribution is 6.04. The first-order chi connectivity index (χ1) is 8.82. The molecule has 0 aliphatic carbocycles. The Bertz CT molecular complexity index is 638. The fourth-order valence-electron chi connectivity index (χ4n) is 2.51. The maximum Gasteiger partial charge on any atom is 0.337 e. The largest absolute Gasteiger partial charge is 0.478 e. The van der Waals surface area contributed by atoms with E-state index < -0.39 is 12.1 Å². The first-order valence-electron chi connectivity index (χ1n) is 6.40. The number of aliphatic hydroxyl groups excluding tert-OH is 1. The molecule has 0 saturated carbocycles. The minimum absolute atomic E-state index is 0.236. The Labute approximate surface area is 112 Å². The molecule has 0 saturated heterocycles. The van der Waals surface area contributed by atoms with Crippen LogP contribution in [0.15, 0.2) is 12.1 Å². The summed E-state index contributed by atoms with van der Waals surface area (Å²) >= 11 is 0. The van der Waals surface area contributed by atoms with E-state index in [1.165, 1.54) is 0 Å². The van der Waals surface area contributed by atoms with Gasteiger partial charge in [-0.25, -0.2) is 4.79 Å². The van der Waals surface area contributed by atoms with Crippen LogP contribution >= 0.6 is 0 Å². The Balaban J connectivity index is 2.87. The number of fused-ring (bicyclic) bond motifs is 1. The second-order valence-electron chi connectivity index (χ2n) is 5.29. The van der Waals surface area contributed by atoms with Crippen molar-refractivity contribution in [1.82, 2.24) is 4.98 Å². The van der Waals surface area contributed by atoms with Gasteiger partial charge < -0.3 is 15.2 Å². The molecule has 19 heavy (non-hydrogen) atoms. The number of benzene rings is 1. The van der Waals surface area contributed by atoms with E-state index in [1.54, 1.807) is 13.0 Å². The van der Waals surface area contributed by atoms with Crippen molar-refractivity contribution >= 4 is 16.9 Å². The van der Waals surface area contributed by atoms with Crippen molar-refractivity contribution in [2.45, 2.75) is 39.7 Å². The van der Waals surface area contributed by atoms with Crippen LogP contribution in [0.3, 0.4) is 0 Å². The fourth-order valence-corrected chi connectivity index (χ4v) is 2.51. The van der Waals surface area contributed by atoms with Crippen molar-refractivity contribution < 1.29 is 15.0 Å². The Kier molecular flexibility index (Phi) is 3.37. The van der Waals surface area contributed by atoms with Crippen molar-refractivity contribution in [3.8, 4) is 0 Å². The van der Waals surface area contributed by atoms with Gasteiger partial charge in [0.1, 0.15) is 0 Å². The van der Waals surface area contributed by atoms with Crippen LogP contribution in [0.25, 0.3) is 10.9 Å². The lowest BCUT2D eigenvalue weighted by Crippen LogP contribution is -2.01. The Morgan fingerprint density at radius 3 is 2.37 bits per heavy atom. The molecule has 0 bridgehead atoms. The lowest BCUT2D eigenvalue weighted by molar-refractivity contribution is 0.0698. The third-order valence-electron chi connectivity index (χ3n) is 3.48. The molecule has 0 fully saturated rings. The van der Waals surface area contributed by atoms with E-state index in [2.05, 4.69) is 4.98 Å². The predicted molar refractivity (Wildman–Crippen MR) is 74.7 cm³/mol. The summed E-state index contributed by atoms with van der Waals surface area (Å²) < 4.78 is 0. The topological polar surface area (TPSA) is 73.3 Å². The smallest absolute Gasteiger partial charge is 0.337 e. The average molecular weight is 261 g/mol. The van der Waals surface area contributed by atoms with Crippen LogP contribution in [0, 0.1) is 6.92 Å². The van der Waals surface area contributed by atoms with Crippen molar-refractivity contribution in [2.24, 2.45) is 0 Å². The normalized spacial score (nSPS) is 13.2. The van der Waals surface area contributed by atoms with Crippen molar-refractivity contribution in [1.29, 1.82) is 0 Å². The van der Waals surface area contributed by atoms with Crippen molar-refractivity contribution in [3.05, 3.63) is 34.5 Å². The molecule has 4 nitrogen and oxygen atoms in total. The molecule has 0 radical (unpaired) electrons. The second-order valence-corrected chi connectivity index (χ2v) is 5.29. The Morgan fingerprint density at radius 1 is 1.26 bits per heavy atom. The predicted octanol–water partition coefficient (Wildman–Crippen LogP) is 3.35. The highest BCUT2D eigenvalue weighted by atomic mass is 16.4. The SMILES string of the molecule is Cc1[nH]c2c(C(=O)O)cc(C(C)C)cc2c1C(C)O. The van der Waals surface area contributed by atoms with Crippen molar-refractivity contribution in [2.75, 3.05) is 0 Å². The molecule has 0 aliphatic rings. The number of carbonyl (C=O) groups is 1. The zero-order valence-corrected chi connectivity index (χ0v) is 11.6. The first kappa shape index (κ1) is 13.6. The molecule has 0 aliphatic heterocycles. The average Bonchev–Trinajstić information content (AvgIpc) is 2.62. The van der Waals surface area contributed by atoms with E-state index in [1.807, 2.05) is 26.8 Å². The third-order valence-corrected chi connectivity index (χ3v) is 3.48. The summed E-state index contributed by atoms with van der Waals surface area (Å²) in [6.07, 6.45) is -0.627. The summed E-state index contributed by atoms with van der Waals surface area (Å²) in [6.45, 7) is 7.59. The van der Waals surface area contributed by atoms with Gasteiger partial charge in [0.05, 0.1) is 17.2 Å². The second kappa shape index (κ2) is 4.70. The maximum atomic E-state index is 11.4. The highest BCUT2D eigenvalue weighted by Crippen LogP contribution is 2.32. The molecule has 0 spiro atoms. The molecule has 1 heterocycles. The number of aryl methyl sites for hydroxylation is 1. The highest BCUT2D eigenvalue weighted by Gasteiger charge is 2.19. The number of nitrogens with one attached hydrogen (secondary N) is 1. The molecule has 1 aromatic heterocycles. The van der Waals surface area contributed by atoms with Crippen LogP contribution in [0.1, 0.15) is 60.0 Å². The Hall–Kier alpha value is -1.81. The maximum absolute atomic E-state index is 11.4. The summed E-state index contributed by atoms with van der Waals surface area (Å²) in [5, 5.41) is 20.0. The molecule has 0 amide bonds. The van der Waals surface area contributed by atoms with Gasteiger partial charge in [-0.3, -0.25) is 0 Å². The van der Waals surface area contributed by atoms with E-state index in [4.69, 9.17) is 0 Å². The minimum Gasteiger partial charge on any atom is -0.478 e. The van der Waals surface area contributed by atoms with E-state index >= 15 is 0 Å². The molecular weight excluding hydrogens is 242 g/mol. The number of H-pyrrole nitrogens is 1. The van der Waals surface area contributed by atoms with Gasteiger partial charge in [0.15, 0.2) is 0 Å². The van der Waals surface area contributed by atoms with Crippen LogP contribution in [-0.2, 0) is 0 Å². The molecule has 1 unspecified atom stereocenters. The summed E-state index contributed by atoms with van der Waals surface area (Å²) in [5.41, 5.74) is 3.40. The molecule has 4 heteroatoms. The minimum atomic E-state index is -0.953. The van der Waals surface area contributed by atoms with Crippen molar-refractivity contribution in [3.63, 3.8) is 0 Å². The van der Waals surface area contributed by atoms with Crippen LogP contribution < -0.4 is 0 Å². The van der Waals surface area contributed by atoms with Gasteiger partial charge in [0.25, 0.3) is 0 Å². The van der Waals surface area contributed by atoms with Crippen LogP contribution in [0.4, 0.5) is 0 Å². The molecule has 3 N–H and O–H groups in total. The van der Waals surface area contributed by atoms with E-state index in [0.29, 0.717) is 5.52 Å². The number of rotatable bonds is 3. The van der Waals surface area contributed by atoms with Gasteiger partial charge in [-0.2, -0.15) is 0 Å². The summed E-state index contributed by atoms with van der Waals surface area (Å²) in [4.78, 5) is 14.5. The zero-order chi connectivity index (χ0) is 14.3. The van der Waals surface area contributed by atoms with E-state index in [9.17, 15) is 15.0 Å². The van der Waals surface area contributed by atoms with Crippen LogP contribution in [0.2, 0.25) is 0 Å². The zero-order valence-electron chi connectivity index (χ0n) is 11.6. The lowest BCUT2D eigenvalue weighted by Gasteiger charge is -2.10. The molecule has 1 aromatic carbocycles. The Morgan fingerprint density at radius 2 is 1.89 bits per heavy atom. The van der Waals surface area contributed by atoms with E-state index in [-0.39, 0.29) is 11.5 Å². The van der Waals surface area contributed by atoms with Crippen LogP contribution in [-0.4, -0.2) is 21.2 Å². The summed E-state index contributed by atoms with van der Waals surface area (Å²) in [5.74, 6) is -0.717. The van der Waals surface area contributed by atoms with Gasteiger partial charge in [0, 0.05) is 16.6 Å². The number of hydrogen-bond acceptors (Lipinski definition) is 2. The van der Waals surface area contributed by atoms with Gasteiger partial charge in [-0.15, -0.1) is 0 Å². The lowest BCUT2D eigenvalue weighted by atomic mass is 9.96. The van der Waals surface area contributed by atoms with E-state index in [0.717, 1.165) is 22.2 Å². The van der Waals surface area contributed by atoms with Crippen LogP contribution in [0.5, 0.6) is 0 Å². The molecule has 102 valence electrons. The molecule has 1 atom stereocenters. The molecule has 2 aromatic rings. The number of carboxylic acids is 1. The monoisotopic (exact) mass is 261 g/mol. The van der Waals surface area contributed by atoms with Gasteiger partial charge in [-0.1, -0.05) is 13.8 Å². The fraction of sp³-hybridized carbons (Fsp3) is 0.400. The number of aromatic amines is 1.